The number of hydrogen-bond acceptors (Lipinski definition) is 3. The highest BCUT2D eigenvalue weighted by Crippen LogP contribution is 2.53. The lowest BCUT2D eigenvalue weighted by atomic mass is 9.80. The molecule has 1 aliphatic carbocycles. The van der Waals surface area contributed by atoms with Crippen molar-refractivity contribution in [1.82, 2.24) is 9.97 Å². The fourth-order valence-electron chi connectivity index (χ4n) is 6.70. The lowest BCUT2D eigenvalue weighted by Gasteiger charge is -2.21. The first kappa shape index (κ1) is 29.8. The molecule has 1 atom stereocenters. The SMILES string of the molecule is Bc1ccccc1-c1ccccc1[C@@H]1C/C(=C\C=C/C=N)C(c2ccc(-c3cccc(-c4ccccn4)n3)cc2)=C1c1ccccc1. The van der Waals surface area contributed by atoms with Gasteiger partial charge in [-0.3, -0.25) is 4.98 Å². The standard InChI is InChI=1S/C43H34BN3/c44-38-19-7-6-18-36(38)34-16-4-5-17-35(34)37-29-33(15-8-10-27-45)42(43(37)31-13-2-1-3-14-31)32-25-23-30(24-26-32)39-21-12-22-41(47-39)40-20-9-11-28-46-40/h1-28,37,45H,29,44H2/b10-8-,33-15+,45-27?/t37-/m0/s1. The zero-order chi connectivity index (χ0) is 32.0. The molecule has 0 unspecified atom stereocenters. The van der Waals surface area contributed by atoms with Gasteiger partial charge in [-0.2, -0.15) is 0 Å². The maximum Gasteiger partial charge on any atom is 0.140 e. The topological polar surface area (TPSA) is 49.6 Å². The van der Waals surface area contributed by atoms with Crippen LogP contribution in [-0.2, 0) is 0 Å². The summed E-state index contributed by atoms with van der Waals surface area (Å²) in [5.41, 5.74) is 15.0. The number of pyridine rings is 2. The molecule has 6 aromatic rings. The molecule has 1 N–H and O–H groups in total. The molecule has 3 nitrogen and oxygen atoms in total. The second kappa shape index (κ2) is 13.6. The largest absolute Gasteiger partial charge is 0.309 e. The minimum absolute atomic E-state index is 0.152. The molecule has 2 heterocycles. The number of allylic oxidation sites excluding steroid dienone is 6. The second-order valence-electron chi connectivity index (χ2n) is 11.8. The summed E-state index contributed by atoms with van der Waals surface area (Å²) < 4.78 is 0. The van der Waals surface area contributed by atoms with Gasteiger partial charge in [-0.05, 0) is 81.3 Å². The Hall–Kier alpha value is -5.87. The third-order valence-electron chi connectivity index (χ3n) is 8.87. The van der Waals surface area contributed by atoms with E-state index in [4.69, 9.17) is 10.4 Å². The van der Waals surface area contributed by atoms with Gasteiger partial charge in [0, 0.05) is 23.9 Å². The number of hydrogen-bond donors (Lipinski definition) is 1. The van der Waals surface area contributed by atoms with Gasteiger partial charge in [0.05, 0.1) is 17.1 Å². The van der Waals surface area contributed by atoms with Crippen molar-refractivity contribution in [3.63, 3.8) is 0 Å². The highest BCUT2D eigenvalue weighted by molar-refractivity contribution is 6.36. The molecule has 4 aromatic carbocycles. The molecule has 4 heteroatoms. The van der Waals surface area contributed by atoms with Crippen molar-refractivity contribution in [2.45, 2.75) is 12.3 Å². The smallest absolute Gasteiger partial charge is 0.140 e. The molecule has 1 aliphatic rings. The van der Waals surface area contributed by atoms with Gasteiger partial charge in [-0.15, -0.1) is 0 Å². The summed E-state index contributed by atoms with van der Waals surface area (Å²) >= 11 is 0. The summed E-state index contributed by atoms with van der Waals surface area (Å²) in [5, 5.41) is 7.60. The lowest BCUT2D eigenvalue weighted by Crippen LogP contribution is -2.08. The lowest BCUT2D eigenvalue weighted by molar-refractivity contribution is 0.895. The summed E-state index contributed by atoms with van der Waals surface area (Å²) in [5.74, 6) is 0.152. The normalized spacial score (nSPS) is 15.4. The molecule has 7 rings (SSSR count). The van der Waals surface area contributed by atoms with E-state index in [1.807, 2.05) is 36.4 Å². The highest BCUT2D eigenvalue weighted by Gasteiger charge is 2.33. The maximum absolute atomic E-state index is 7.60. The van der Waals surface area contributed by atoms with Gasteiger partial charge in [-0.25, -0.2) is 4.98 Å². The number of nitrogens with zero attached hydrogens (tertiary/aromatic N) is 2. The van der Waals surface area contributed by atoms with Crippen molar-refractivity contribution in [3.8, 4) is 33.8 Å². The average Bonchev–Trinajstić information content (AvgIpc) is 3.52. The van der Waals surface area contributed by atoms with Crippen LogP contribution < -0.4 is 5.46 Å². The van der Waals surface area contributed by atoms with Crippen molar-refractivity contribution >= 4 is 30.7 Å². The number of benzene rings is 4. The molecule has 2 aromatic heterocycles. The fraction of sp³-hybridized carbons (Fsp3) is 0.0465. The number of nitrogens with one attached hydrogen (secondary N) is 1. The molecule has 0 spiro atoms. The van der Waals surface area contributed by atoms with E-state index in [0.717, 1.165) is 29.1 Å². The van der Waals surface area contributed by atoms with Gasteiger partial charge in [-0.1, -0.05) is 133 Å². The van der Waals surface area contributed by atoms with Crippen LogP contribution in [0, 0.1) is 5.41 Å². The zero-order valence-corrected chi connectivity index (χ0v) is 26.3. The third-order valence-corrected chi connectivity index (χ3v) is 8.87. The van der Waals surface area contributed by atoms with Crippen molar-refractivity contribution in [1.29, 1.82) is 5.41 Å². The van der Waals surface area contributed by atoms with E-state index in [1.165, 1.54) is 56.2 Å². The molecule has 0 saturated heterocycles. The fourth-order valence-corrected chi connectivity index (χ4v) is 6.70. The first-order chi connectivity index (χ1) is 23.2. The predicted octanol–water partition coefficient (Wildman–Crippen LogP) is 8.97. The van der Waals surface area contributed by atoms with Crippen molar-refractivity contribution in [3.05, 3.63) is 186 Å². The van der Waals surface area contributed by atoms with Crippen LogP contribution in [0.4, 0.5) is 0 Å². The van der Waals surface area contributed by atoms with E-state index >= 15 is 0 Å². The quantitative estimate of drug-likeness (QED) is 0.140. The van der Waals surface area contributed by atoms with Crippen LogP contribution in [0.5, 0.6) is 0 Å². The summed E-state index contributed by atoms with van der Waals surface area (Å²) in [6, 6.07) is 49.1. The minimum Gasteiger partial charge on any atom is -0.309 e. The van der Waals surface area contributed by atoms with Crippen LogP contribution in [0.25, 0.3) is 44.9 Å². The summed E-state index contributed by atoms with van der Waals surface area (Å²) in [7, 11) is 2.19. The molecular weight excluding hydrogens is 569 g/mol. The van der Waals surface area contributed by atoms with Crippen LogP contribution in [0.15, 0.2) is 170 Å². The summed E-state index contributed by atoms with van der Waals surface area (Å²) in [6.07, 6.45) is 9.95. The van der Waals surface area contributed by atoms with Gasteiger partial charge in [0.2, 0.25) is 0 Å². The van der Waals surface area contributed by atoms with Gasteiger partial charge in [0.1, 0.15) is 7.85 Å². The highest BCUT2D eigenvalue weighted by atomic mass is 14.8. The third kappa shape index (κ3) is 6.19. The van der Waals surface area contributed by atoms with Crippen LogP contribution >= 0.6 is 0 Å². The Kier molecular flexibility index (Phi) is 8.65. The predicted molar refractivity (Wildman–Crippen MR) is 200 cm³/mol. The molecule has 0 fully saturated rings. The van der Waals surface area contributed by atoms with E-state index in [-0.39, 0.29) is 5.92 Å². The molecule has 0 aliphatic heterocycles. The van der Waals surface area contributed by atoms with Crippen LogP contribution in [-0.4, -0.2) is 24.0 Å². The van der Waals surface area contributed by atoms with E-state index in [2.05, 4.69) is 128 Å². The Morgan fingerprint density at radius 2 is 1.28 bits per heavy atom. The van der Waals surface area contributed by atoms with E-state index in [0.29, 0.717) is 0 Å². The molecule has 0 amide bonds. The molecule has 47 heavy (non-hydrogen) atoms. The zero-order valence-electron chi connectivity index (χ0n) is 26.3. The Bertz CT molecular complexity index is 2130. The Morgan fingerprint density at radius 1 is 0.596 bits per heavy atom. The van der Waals surface area contributed by atoms with Crippen LogP contribution in [0.2, 0.25) is 0 Å². The van der Waals surface area contributed by atoms with Crippen molar-refractivity contribution < 1.29 is 0 Å². The van der Waals surface area contributed by atoms with Crippen LogP contribution in [0.3, 0.4) is 0 Å². The maximum atomic E-state index is 7.60. The Morgan fingerprint density at radius 3 is 2.04 bits per heavy atom. The van der Waals surface area contributed by atoms with E-state index < -0.39 is 0 Å². The van der Waals surface area contributed by atoms with E-state index in [1.54, 1.807) is 12.3 Å². The minimum atomic E-state index is 0.152. The van der Waals surface area contributed by atoms with E-state index in [9.17, 15) is 0 Å². The monoisotopic (exact) mass is 603 g/mol. The number of rotatable bonds is 8. The molecular formula is C43H34BN3. The molecule has 224 valence electrons. The summed E-state index contributed by atoms with van der Waals surface area (Å²) in [6.45, 7) is 0. The molecule has 0 bridgehead atoms. The van der Waals surface area contributed by atoms with Gasteiger partial charge < -0.3 is 5.41 Å². The van der Waals surface area contributed by atoms with Gasteiger partial charge in [0.25, 0.3) is 0 Å². The second-order valence-corrected chi connectivity index (χ2v) is 11.8. The summed E-state index contributed by atoms with van der Waals surface area (Å²) in [4.78, 5) is 9.44. The van der Waals surface area contributed by atoms with Gasteiger partial charge in [0.15, 0.2) is 0 Å². The van der Waals surface area contributed by atoms with Crippen molar-refractivity contribution in [2.24, 2.45) is 0 Å². The molecule has 0 radical (unpaired) electrons. The first-order valence-corrected chi connectivity index (χ1v) is 16.0. The Balaban J connectivity index is 1.38. The molecule has 0 saturated carbocycles. The van der Waals surface area contributed by atoms with Crippen LogP contribution in [0.1, 0.15) is 29.0 Å². The Labute approximate surface area is 277 Å². The average molecular weight is 604 g/mol. The first-order valence-electron chi connectivity index (χ1n) is 16.0. The van der Waals surface area contributed by atoms with Gasteiger partial charge >= 0.3 is 0 Å². The van der Waals surface area contributed by atoms with Crippen molar-refractivity contribution in [2.75, 3.05) is 0 Å². The number of aromatic nitrogens is 2.